The molecule has 9 nitrogen and oxygen atoms in total. The zero-order chi connectivity index (χ0) is 26.2. The van der Waals surface area contributed by atoms with Crippen molar-refractivity contribution in [1.82, 2.24) is 14.7 Å². The highest BCUT2D eigenvalue weighted by Crippen LogP contribution is 2.20. The molecule has 35 heavy (non-hydrogen) atoms. The van der Waals surface area contributed by atoms with Gasteiger partial charge in [-0.1, -0.05) is 30.3 Å². The molecule has 0 unspecified atom stereocenters. The Bertz CT molecular complexity index is 847. The van der Waals surface area contributed by atoms with Crippen molar-refractivity contribution in [1.29, 1.82) is 0 Å². The van der Waals surface area contributed by atoms with Gasteiger partial charge in [0.1, 0.15) is 17.8 Å². The molecule has 0 N–H and O–H groups in total. The highest BCUT2D eigenvalue weighted by Gasteiger charge is 2.34. The smallest absolute Gasteiger partial charge is 0.410 e. The van der Waals surface area contributed by atoms with Gasteiger partial charge in [-0.05, 0) is 59.9 Å². The van der Waals surface area contributed by atoms with Crippen molar-refractivity contribution in [2.45, 2.75) is 78.2 Å². The van der Waals surface area contributed by atoms with E-state index in [0.717, 1.165) is 18.4 Å². The summed E-state index contributed by atoms with van der Waals surface area (Å²) in [5.41, 5.74) is -0.370. The Morgan fingerprint density at radius 3 is 2.14 bits per heavy atom. The Balaban J connectivity index is 2.04. The molecule has 2 rings (SSSR count). The Morgan fingerprint density at radius 1 is 0.943 bits per heavy atom. The van der Waals surface area contributed by atoms with Crippen LogP contribution in [0.1, 0.15) is 59.9 Å². The van der Waals surface area contributed by atoms with Gasteiger partial charge in [0.05, 0.1) is 6.04 Å². The summed E-state index contributed by atoms with van der Waals surface area (Å²) in [6, 6.07) is 9.25. The van der Waals surface area contributed by atoms with Gasteiger partial charge in [-0.15, -0.1) is 0 Å². The predicted octanol–water partition coefficient (Wildman–Crippen LogP) is 4.89. The van der Waals surface area contributed by atoms with Gasteiger partial charge in [0.2, 0.25) is 0 Å². The third kappa shape index (κ3) is 10.0. The van der Waals surface area contributed by atoms with E-state index in [1.54, 1.807) is 37.6 Å². The molecule has 0 bridgehead atoms. The molecule has 1 saturated heterocycles. The second kappa shape index (κ2) is 12.1. The molecule has 1 fully saturated rings. The molecular weight excluding hydrogens is 450 g/mol. The van der Waals surface area contributed by atoms with Gasteiger partial charge in [0.25, 0.3) is 0 Å². The number of nitrogens with zero attached hydrogens (tertiary/aromatic N) is 3. The van der Waals surface area contributed by atoms with Gasteiger partial charge in [0, 0.05) is 33.2 Å². The van der Waals surface area contributed by atoms with Gasteiger partial charge in [0.15, 0.2) is 0 Å². The van der Waals surface area contributed by atoms with E-state index in [1.165, 1.54) is 4.90 Å². The summed E-state index contributed by atoms with van der Waals surface area (Å²) < 4.78 is 16.6. The number of amides is 3. The number of hydrogen-bond acceptors (Lipinski definition) is 6. The Morgan fingerprint density at radius 2 is 1.54 bits per heavy atom. The van der Waals surface area contributed by atoms with Crippen molar-refractivity contribution in [2.75, 3.05) is 33.2 Å². The van der Waals surface area contributed by atoms with Crippen LogP contribution in [0, 0.1) is 0 Å². The monoisotopic (exact) mass is 491 g/mol. The average Bonchev–Trinajstić information content (AvgIpc) is 2.76. The van der Waals surface area contributed by atoms with Gasteiger partial charge >= 0.3 is 18.3 Å². The number of carbonyl (C=O) groups is 3. The first-order valence-electron chi connectivity index (χ1n) is 12.1. The van der Waals surface area contributed by atoms with Crippen molar-refractivity contribution < 1.29 is 28.6 Å². The third-order valence-electron chi connectivity index (χ3n) is 5.31. The van der Waals surface area contributed by atoms with Crippen LogP contribution in [0.4, 0.5) is 14.4 Å². The summed E-state index contributed by atoms with van der Waals surface area (Å²) in [6.45, 7) is 12.4. The fourth-order valence-corrected chi connectivity index (χ4v) is 3.62. The lowest BCUT2D eigenvalue weighted by Crippen LogP contribution is -2.54. The maximum Gasteiger partial charge on any atom is 0.410 e. The first kappa shape index (κ1) is 28.3. The molecular formula is C26H41N3O6. The van der Waals surface area contributed by atoms with Crippen LogP contribution in [0.3, 0.4) is 0 Å². The average molecular weight is 492 g/mol. The van der Waals surface area contributed by atoms with Gasteiger partial charge in [-0.3, -0.25) is 0 Å². The molecule has 1 aliphatic rings. The summed E-state index contributed by atoms with van der Waals surface area (Å²) >= 11 is 0. The topological polar surface area (TPSA) is 88.6 Å². The summed E-state index contributed by atoms with van der Waals surface area (Å²) in [6.07, 6.45) is 0.106. The largest absolute Gasteiger partial charge is 0.445 e. The number of benzene rings is 1. The van der Waals surface area contributed by atoms with E-state index in [-0.39, 0.29) is 25.7 Å². The van der Waals surface area contributed by atoms with Crippen LogP contribution in [-0.4, -0.2) is 83.5 Å². The number of likely N-dealkylation sites (N-methyl/N-ethyl adjacent to an activating group) is 1. The lowest BCUT2D eigenvalue weighted by Gasteiger charge is -2.39. The van der Waals surface area contributed by atoms with Crippen LogP contribution >= 0.6 is 0 Å². The minimum Gasteiger partial charge on any atom is -0.445 e. The molecule has 1 aromatic rings. The van der Waals surface area contributed by atoms with Crippen LogP contribution in [-0.2, 0) is 20.8 Å². The Labute approximate surface area is 209 Å². The lowest BCUT2D eigenvalue weighted by molar-refractivity contribution is -0.000175. The normalized spacial score (nSPS) is 16.3. The molecule has 196 valence electrons. The van der Waals surface area contributed by atoms with Crippen LogP contribution in [0.25, 0.3) is 0 Å². The van der Waals surface area contributed by atoms with E-state index in [0.29, 0.717) is 13.1 Å². The van der Waals surface area contributed by atoms with E-state index in [1.807, 2.05) is 51.1 Å². The molecule has 1 aromatic carbocycles. The highest BCUT2D eigenvalue weighted by molar-refractivity contribution is 5.70. The maximum atomic E-state index is 13.1. The summed E-state index contributed by atoms with van der Waals surface area (Å²) in [4.78, 5) is 42.9. The van der Waals surface area contributed by atoms with Gasteiger partial charge in [-0.2, -0.15) is 0 Å². The number of carbonyl (C=O) groups excluding carboxylic acids is 3. The Kier molecular flexibility index (Phi) is 9.80. The first-order valence-corrected chi connectivity index (χ1v) is 12.1. The van der Waals surface area contributed by atoms with Crippen molar-refractivity contribution in [2.24, 2.45) is 0 Å². The molecule has 0 aromatic heterocycles. The maximum absolute atomic E-state index is 13.1. The third-order valence-corrected chi connectivity index (χ3v) is 5.31. The molecule has 0 spiro atoms. The summed E-state index contributed by atoms with van der Waals surface area (Å²) in [5, 5.41) is 0. The molecule has 1 aliphatic heterocycles. The molecule has 1 heterocycles. The Hall–Kier alpha value is -2.97. The first-order chi connectivity index (χ1) is 16.2. The van der Waals surface area contributed by atoms with Gasteiger partial charge < -0.3 is 28.9 Å². The number of piperidine rings is 1. The fourth-order valence-electron chi connectivity index (χ4n) is 3.62. The number of rotatable bonds is 6. The van der Waals surface area contributed by atoms with Gasteiger partial charge in [-0.25, -0.2) is 14.4 Å². The van der Waals surface area contributed by atoms with E-state index in [9.17, 15) is 14.4 Å². The van der Waals surface area contributed by atoms with E-state index in [2.05, 4.69) is 0 Å². The van der Waals surface area contributed by atoms with Crippen LogP contribution in [0.15, 0.2) is 30.3 Å². The van der Waals surface area contributed by atoms with E-state index in [4.69, 9.17) is 14.2 Å². The van der Waals surface area contributed by atoms with Crippen LogP contribution in [0.2, 0.25) is 0 Å². The highest BCUT2D eigenvalue weighted by atomic mass is 16.6. The molecule has 9 heteroatoms. The zero-order valence-corrected chi connectivity index (χ0v) is 22.2. The number of hydrogen-bond donors (Lipinski definition) is 0. The van der Waals surface area contributed by atoms with E-state index >= 15 is 0 Å². The van der Waals surface area contributed by atoms with Crippen molar-refractivity contribution in [3.8, 4) is 0 Å². The molecule has 0 aliphatic carbocycles. The standard InChI is InChI=1S/C26H41N3O6/c1-25(2,3)34-22(30)27(7)16-17-29(24(32)35-26(4,5)6)21-14-11-15-28(18-21)23(31)33-19-20-12-9-8-10-13-20/h8-10,12-13,21H,11,14-19H2,1-7H3/t21-/m0/s1. The van der Waals surface area contributed by atoms with Crippen molar-refractivity contribution in [3.63, 3.8) is 0 Å². The second-order valence-electron chi connectivity index (χ2n) is 10.9. The molecule has 1 atom stereocenters. The fraction of sp³-hybridized carbons (Fsp3) is 0.654. The molecule has 3 amide bonds. The predicted molar refractivity (Wildman–Crippen MR) is 133 cm³/mol. The summed E-state index contributed by atoms with van der Waals surface area (Å²) in [7, 11) is 1.63. The number of likely N-dealkylation sites (tertiary alicyclic amines) is 1. The lowest BCUT2D eigenvalue weighted by atomic mass is 10.0. The zero-order valence-electron chi connectivity index (χ0n) is 22.2. The minimum atomic E-state index is -0.671. The van der Waals surface area contributed by atoms with Crippen molar-refractivity contribution >= 4 is 18.3 Å². The molecule has 0 saturated carbocycles. The van der Waals surface area contributed by atoms with Crippen molar-refractivity contribution in [3.05, 3.63) is 35.9 Å². The molecule has 0 radical (unpaired) electrons. The van der Waals surface area contributed by atoms with Crippen LogP contribution < -0.4 is 0 Å². The SMILES string of the molecule is CN(CCN(C(=O)OC(C)(C)C)[C@H]1CCCN(C(=O)OCc2ccccc2)C1)C(=O)OC(C)(C)C. The second-order valence-corrected chi connectivity index (χ2v) is 10.9. The number of ether oxygens (including phenoxy) is 3. The quantitative estimate of drug-likeness (QED) is 0.527. The minimum absolute atomic E-state index is 0.192. The summed E-state index contributed by atoms with van der Waals surface area (Å²) in [5.74, 6) is 0. The van der Waals surface area contributed by atoms with Crippen LogP contribution in [0.5, 0.6) is 0 Å². The van der Waals surface area contributed by atoms with E-state index < -0.39 is 29.5 Å².